The highest BCUT2D eigenvalue weighted by molar-refractivity contribution is 9.34. The Bertz CT molecular complexity index is 7.51. The monoisotopic (exact) mass is 256 g/mol. The second-order valence-electron chi connectivity index (χ2n) is 0. The molecular formula is H6BrCl4P. The third-order valence-electron chi connectivity index (χ3n) is 0. The Balaban J connectivity index is -0.000000000833. The minimum atomic E-state index is 0. The molecule has 0 aliphatic rings. The van der Waals surface area contributed by atoms with E-state index in [2.05, 4.69) is 23.4 Å². The third-order valence-corrected chi connectivity index (χ3v) is 0. The Morgan fingerprint density at radius 3 is 0.667 bits per heavy atom. The van der Waals surface area contributed by atoms with Crippen LogP contribution in [0.1, 0.15) is 0 Å². The van der Waals surface area contributed by atoms with Crippen molar-refractivity contribution in [1.29, 1.82) is 0 Å². The summed E-state index contributed by atoms with van der Waals surface area (Å²) < 4.78 is 0. The molecule has 0 rings (SSSR count). The molecule has 0 nitrogen and oxygen atoms in total. The molecule has 0 aliphatic carbocycles. The molecule has 6 heavy (non-hydrogen) atoms. The predicted molar refractivity (Wildman–Crippen MR) is 47.6 cm³/mol. The molecule has 1 atom stereocenters. The Kier molecular flexibility index (Phi) is 434. The largest absolute Gasteiger partial charge is 0.147 e. The van der Waals surface area contributed by atoms with Gasteiger partial charge in [-0.05, 0) is 0 Å². The average Bonchev–Trinajstić information content (AvgIpc) is 1.00. The van der Waals surface area contributed by atoms with Gasteiger partial charge in [0.1, 0.15) is 0 Å². The summed E-state index contributed by atoms with van der Waals surface area (Å²) >= 11 is 2.85. The van der Waals surface area contributed by atoms with Crippen LogP contribution in [0.4, 0.5) is 0 Å². The van der Waals surface area contributed by atoms with Crippen LogP contribution < -0.4 is 0 Å². The van der Waals surface area contributed by atoms with Crippen LogP contribution in [0.2, 0.25) is 0 Å². The van der Waals surface area contributed by atoms with Gasteiger partial charge in [-0.1, -0.05) is 23.4 Å². The molecule has 0 spiro atoms. The fourth-order valence-electron chi connectivity index (χ4n) is 0. The quantitative estimate of drug-likeness (QED) is 0.586. The lowest BCUT2D eigenvalue weighted by atomic mass is 31.0. The minimum absolute atomic E-state index is 0. The predicted octanol–water partition coefficient (Wildman–Crippen LogP) is 2.86. The highest BCUT2D eigenvalue weighted by Crippen LogP contribution is 1.85. The fraction of sp³-hybridized carbons (Fsp3) is 0. The van der Waals surface area contributed by atoms with E-state index >= 15 is 0 Å². The molecule has 0 aromatic heterocycles. The van der Waals surface area contributed by atoms with Crippen LogP contribution in [0.3, 0.4) is 0 Å². The zero-order valence-electron chi connectivity index (χ0n) is 2.59. The summed E-state index contributed by atoms with van der Waals surface area (Å²) in [6, 6.07) is 0. The molecule has 0 saturated carbocycles. The normalized spacial score (nSPS) is 1.00. The standard InChI is InChI=1S/BrH2P.4ClH/c1-2;;;;/h2H2;4*1H. The topological polar surface area (TPSA) is 0 Å². The van der Waals surface area contributed by atoms with Gasteiger partial charge in [0.15, 0.2) is 0 Å². The van der Waals surface area contributed by atoms with E-state index in [0.29, 0.717) is 0 Å². The van der Waals surface area contributed by atoms with Gasteiger partial charge in [-0.15, -0.1) is 49.6 Å². The molecule has 0 amide bonds. The average molecular weight is 259 g/mol. The van der Waals surface area contributed by atoms with Crippen LogP contribution in [0.15, 0.2) is 0 Å². The van der Waals surface area contributed by atoms with Gasteiger partial charge in [-0.3, -0.25) is 0 Å². The summed E-state index contributed by atoms with van der Waals surface area (Å²) in [6.45, 7) is 0. The van der Waals surface area contributed by atoms with E-state index in [1.54, 1.807) is 0 Å². The smallest absolute Gasteiger partial charge is 0.0652 e. The molecule has 1 unspecified atom stereocenters. The molecule has 0 aromatic carbocycles. The minimum Gasteiger partial charge on any atom is -0.147 e. The van der Waals surface area contributed by atoms with Crippen LogP contribution in [-0.2, 0) is 0 Å². The highest BCUT2D eigenvalue weighted by Gasteiger charge is 0.933. The van der Waals surface area contributed by atoms with Crippen molar-refractivity contribution in [3.8, 4) is 0 Å². The summed E-state index contributed by atoms with van der Waals surface area (Å²) in [5.41, 5.74) is 0. The Morgan fingerprint density at radius 2 is 0.667 bits per heavy atom. The van der Waals surface area contributed by atoms with Crippen molar-refractivity contribution in [2.45, 2.75) is 0 Å². The van der Waals surface area contributed by atoms with E-state index in [4.69, 9.17) is 0 Å². The van der Waals surface area contributed by atoms with Gasteiger partial charge in [0.2, 0.25) is 0 Å². The Hall–Kier alpha value is 2.07. The first-order valence-corrected chi connectivity index (χ1v) is 3.40. The summed E-state index contributed by atoms with van der Waals surface area (Å²) in [7, 11) is 2.23. The second kappa shape index (κ2) is 60.8. The lowest BCUT2D eigenvalue weighted by Crippen LogP contribution is -0.147. The van der Waals surface area contributed by atoms with Gasteiger partial charge in [0.25, 0.3) is 0 Å². The third kappa shape index (κ3) is 36.4. The van der Waals surface area contributed by atoms with Crippen LogP contribution in [0, 0.1) is 0 Å². The zero-order chi connectivity index (χ0) is 2.00. The van der Waals surface area contributed by atoms with Crippen molar-refractivity contribution in [1.82, 2.24) is 0 Å². The molecule has 0 radical (unpaired) electrons. The lowest BCUT2D eigenvalue weighted by Gasteiger charge is -1.07. The van der Waals surface area contributed by atoms with Crippen molar-refractivity contribution in [2.24, 2.45) is 0 Å². The van der Waals surface area contributed by atoms with Gasteiger partial charge in [-0.25, -0.2) is 0 Å². The first-order valence-electron chi connectivity index (χ1n) is 0.218. The molecule has 0 heterocycles. The first-order chi connectivity index (χ1) is 1.00. The zero-order valence-corrected chi connectivity index (χ0v) is 8.59. The van der Waals surface area contributed by atoms with Crippen molar-refractivity contribution in [3.63, 3.8) is 0 Å². The van der Waals surface area contributed by atoms with Gasteiger partial charge < -0.3 is 0 Å². The first kappa shape index (κ1) is 42.8. The SMILES string of the molecule is Cl.Cl.Cl.Cl.PBr. The van der Waals surface area contributed by atoms with Crippen LogP contribution in [0.25, 0.3) is 0 Å². The molecular weight excluding hydrogens is 253 g/mol. The van der Waals surface area contributed by atoms with Crippen molar-refractivity contribution in [3.05, 3.63) is 0 Å². The summed E-state index contributed by atoms with van der Waals surface area (Å²) in [6.07, 6.45) is 0. The Morgan fingerprint density at radius 1 is 0.667 bits per heavy atom. The maximum Gasteiger partial charge on any atom is -0.0652 e. The number of halogens is 5. The molecule has 0 N–H and O–H groups in total. The second-order valence-corrected chi connectivity index (χ2v) is 0. The molecule has 0 saturated heterocycles. The van der Waals surface area contributed by atoms with Crippen LogP contribution in [-0.4, -0.2) is 0 Å². The van der Waals surface area contributed by atoms with E-state index in [1.165, 1.54) is 0 Å². The summed E-state index contributed by atoms with van der Waals surface area (Å²) in [5, 5.41) is 0. The number of hydrogen-bond donors (Lipinski definition) is 0. The maximum absolute atomic E-state index is 2.85. The maximum atomic E-state index is 2.85. The number of rotatable bonds is 0. The molecule has 0 bridgehead atoms. The van der Waals surface area contributed by atoms with Gasteiger partial charge in [0, 0.05) is 0 Å². The molecule has 46 valence electrons. The molecule has 0 aliphatic heterocycles. The highest BCUT2D eigenvalue weighted by atomic mass is 79.9. The van der Waals surface area contributed by atoms with E-state index in [1.807, 2.05) is 0 Å². The van der Waals surface area contributed by atoms with Gasteiger partial charge >= 0.3 is 0 Å². The lowest BCUT2D eigenvalue weighted by molar-refractivity contribution is 5.85. The summed E-state index contributed by atoms with van der Waals surface area (Å²) in [4.78, 5) is 0. The summed E-state index contributed by atoms with van der Waals surface area (Å²) in [5.74, 6) is 0. The molecule has 6 heteroatoms. The van der Waals surface area contributed by atoms with Gasteiger partial charge in [-0.2, -0.15) is 0 Å². The van der Waals surface area contributed by atoms with Crippen LogP contribution in [0.5, 0.6) is 0 Å². The van der Waals surface area contributed by atoms with Crippen molar-refractivity contribution >= 4 is 73.1 Å². The Labute approximate surface area is 72.8 Å². The number of hydrogen-bond acceptors (Lipinski definition) is 0. The molecule has 0 aromatic rings. The van der Waals surface area contributed by atoms with Crippen LogP contribution >= 0.6 is 73.1 Å². The van der Waals surface area contributed by atoms with Crippen molar-refractivity contribution in [2.75, 3.05) is 0 Å². The van der Waals surface area contributed by atoms with Gasteiger partial charge in [0.05, 0.1) is 0 Å². The fourth-order valence-corrected chi connectivity index (χ4v) is 0. The van der Waals surface area contributed by atoms with Crippen molar-refractivity contribution < 1.29 is 0 Å². The van der Waals surface area contributed by atoms with E-state index < -0.39 is 0 Å². The van der Waals surface area contributed by atoms with E-state index in [0.717, 1.165) is 0 Å². The van der Waals surface area contributed by atoms with E-state index in [9.17, 15) is 0 Å². The van der Waals surface area contributed by atoms with E-state index in [-0.39, 0.29) is 49.6 Å². The molecule has 0 fully saturated rings.